The Morgan fingerprint density at radius 1 is 0.808 bits per heavy atom. The number of amides is 6. The molecule has 0 saturated carbocycles. The molecule has 4 heterocycles. The lowest BCUT2D eigenvalue weighted by Gasteiger charge is -2.39. The Balaban J connectivity index is 0.636. The van der Waals surface area contributed by atoms with E-state index >= 15 is 0 Å². The minimum Gasteiger partial charge on any atom is -0.399 e. The standard InChI is InChI=1S/C71H85ClF3N11O10S3/c1-70(2)27-25-57(48-13-17-51(72)18-14-48)50(43-70)45-83-33-35-84(36-34-83)54-19-15-49(16-20-54)66(89)81-98-56-21-22-59(62(42-56)99(93,94)71(73,74)75)79-53(47-97-55-8-4-3-5-9-55)26-30-82-31-37-85(38-32-82)64(88)12-7-28-77-44-52(76)46-96-41-40-95-39-29-78-60-11-6-10-58-65(60)69(92)86(68(58)91)61-23-24-63(87)80-67(61)90/h3-6,8-11,13-22,42,44,53,61,77-79H,7,12,23-41,43,45-47,76H2,1-2H3,(H,81,89)(H,80,87,90)/b52-44-/t53-,61?/m1/s1. The number of hydrogen-bond acceptors (Lipinski definition) is 19. The van der Waals surface area contributed by atoms with Crippen molar-refractivity contribution in [3.63, 3.8) is 0 Å². The number of imide groups is 2. The minimum atomic E-state index is -5.87. The fraction of sp³-hybridized carbons (Fsp3) is 0.437. The van der Waals surface area contributed by atoms with E-state index < -0.39 is 61.9 Å². The van der Waals surface area contributed by atoms with Crippen LogP contribution in [-0.2, 0) is 33.7 Å². The van der Waals surface area contributed by atoms with Gasteiger partial charge in [-0.2, -0.15) is 13.2 Å². The van der Waals surface area contributed by atoms with Gasteiger partial charge in [0.05, 0.1) is 48.9 Å². The molecule has 1 unspecified atom stereocenters. The summed E-state index contributed by atoms with van der Waals surface area (Å²) in [7, 11) is -5.87. The van der Waals surface area contributed by atoms with E-state index in [1.807, 2.05) is 59.5 Å². The van der Waals surface area contributed by atoms with Crippen molar-refractivity contribution < 1.29 is 59.8 Å². The molecule has 5 aromatic carbocycles. The molecular formula is C71H85ClF3N11O10S3. The Morgan fingerprint density at radius 3 is 2.26 bits per heavy atom. The molecule has 2 atom stereocenters. The van der Waals surface area contributed by atoms with E-state index in [1.165, 1.54) is 46.7 Å². The number of sulfone groups is 1. The summed E-state index contributed by atoms with van der Waals surface area (Å²) in [5.74, 6) is -2.42. The van der Waals surface area contributed by atoms with Crippen LogP contribution in [0, 0.1) is 5.41 Å². The van der Waals surface area contributed by atoms with Crippen molar-refractivity contribution in [1.82, 2.24) is 35.0 Å². The predicted octanol–water partition coefficient (Wildman–Crippen LogP) is 9.68. The van der Waals surface area contributed by atoms with E-state index in [2.05, 4.69) is 66.7 Å². The first-order valence-corrected chi connectivity index (χ1v) is 37.0. The average molecular weight is 1440 g/mol. The van der Waals surface area contributed by atoms with Gasteiger partial charge in [0, 0.05) is 141 Å². The maximum atomic E-state index is 14.5. The first kappa shape index (κ1) is 74.1. The third-order valence-corrected chi connectivity index (χ3v) is 21.9. The summed E-state index contributed by atoms with van der Waals surface area (Å²) in [5, 5.41) is 12.3. The Hall–Kier alpha value is -7.63. The molecule has 3 saturated heterocycles. The van der Waals surface area contributed by atoms with Crippen LogP contribution in [0.5, 0.6) is 0 Å². The molecule has 5 aliphatic rings. The van der Waals surface area contributed by atoms with Crippen molar-refractivity contribution in [2.45, 2.75) is 97.5 Å². The van der Waals surface area contributed by atoms with E-state index in [4.69, 9.17) is 26.8 Å². The fourth-order valence-corrected chi connectivity index (χ4v) is 15.6. The second kappa shape index (κ2) is 34.2. The van der Waals surface area contributed by atoms with Crippen LogP contribution in [0.15, 0.2) is 147 Å². The van der Waals surface area contributed by atoms with Gasteiger partial charge in [-0.05, 0) is 146 Å². The van der Waals surface area contributed by atoms with Crippen LogP contribution in [0.4, 0.5) is 30.2 Å². The number of benzene rings is 5. The quantitative estimate of drug-likeness (QED) is 0.0104. The monoisotopic (exact) mass is 1440 g/mol. The molecule has 7 N–H and O–H groups in total. The molecule has 99 heavy (non-hydrogen) atoms. The van der Waals surface area contributed by atoms with Crippen molar-refractivity contribution in [2.75, 3.05) is 126 Å². The van der Waals surface area contributed by atoms with E-state index in [0.29, 0.717) is 87.8 Å². The Bertz CT molecular complexity index is 3870. The third-order valence-electron chi connectivity index (χ3n) is 18.2. The summed E-state index contributed by atoms with van der Waals surface area (Å²) >= 11 is 8.45. The number of nitrogens with one attached hydrogen (secondary N) is 5. The number of halogens is 4. The van der Waals surface area contributed by atoms with Crippen molar-refractivity contribution in [2.24, 2.45) is 11.1 Å². The van der Waals surface area contributed by atoms with Gasteiger partial charge in [-0.15, -0.1) is 11.8 Å². The molecule has 0 bridgehead atoms. The molecule has 530 valence electrons. The maximum absolute atomic E-state index is 14.5. The molecule has 0 radical (unpaired) electrons. The van der Waals surface area contributed by atoms with Gasteiger partial charge in [0.2, 0.25) is 17.7 Å². The topological polar surface area (TPSA) is 257 Å². The first-order chi connectivity index (χ1) is 47.5. The van der Waals surface area contributed by atoms with Crippen LogP contribution in [0.2, 0.25) is 5.02 Å². The second-order valence-electron chi connectivity index (χ2n) is 25.9. The van der Waals surface area contributed by atoms with E-state index in [-0.39, 0.29) is 72.3 Å². The van der Waals surface area contributed by atoms with Gasteiger partial charge in [0.15, 0.2) is 0 Å². The Kier molecular flexibility index (Phi) is 25.6. The number of hydrogen-bond donors (Lipinski definition) is 6. The van der Waals surface area contributed by atoms with E-state index in [1.54, 1.807) is 30.5 Å². The number of piperazine rings is 2. The first-order valence-electron chi connectivity index (χ1n) is 33.3. The smallest absolute Gasteiger partial charge is 0.399 e. The molecule has 6 amide bonds. The number of alkyl halides is 3. The molecule has 10 rings (SSSR count). The number of nitrogens with two attached hydrogens (primary N) is 1. The van der Waals surface area contributed by atoms with Gasteiger partial charge in [0.25, 0.3) is 27.6 Å². The average Bonchev–Trinajstić information content (AvgIpc) is 1.67. The molecule has 1 aliphatic carbocycles. The molecule has 0 spiro atoms. The fourth-order valence-electron chi connectivity index (χ4n) is 12.8. The number of anilines is 3. The number of carbonyl (C=O) groups excluding carboxylic acids is 6. The molecule has 21 nitrogen and oxygen atoms in total. The number of ether oxygens (including phenoxy) is 2. The molecule has 28 heteroatoms. The van der Waals surface area contributed by atoms with Crippen LogP contribution >= 0.6 is 35.3 Å². The SMILES string of the molecule is CC1(C)CCC(c2ccc(Cl)cc2)=C(CN2CCN(c3ccc(C(=O)NSc4ccc(N[C@H](CCN5CCN(C(=O)CCCN/C=C(\N)COCCOCCNc6cccc7c6C(=O)N(C6CCC(=O)NC6=O)C7=O)CC5)CSc5ccccc5)c(S(=O)(=O)C(F)(F)F)c4)cc3)CC2)C1. The maximum Gasteiger partial charge on any atom is 0.501 e. The highest BCUT2D eigenvalue weighted by atomic mass is 35.5. The van der Waals surface area contributed by atoms with Gasteiger partial charge >= 0.3 is 5.51 Å². The van der Waals surface area contributed by atoms with Crippen molar-refractivity contribution in [1.29, 1.82) is 0 Å². The molecule has 5 aromatic rings. The Morgan fingerprint density at radius 2 is 1.54 bits per heavy atom. The predicted molar refractivity (Wildman–Crippen MR) is 379 cm³/mol. The summed E-state index contributed by atoms with van der Waals surface area (Å²) < 4.78 is 84.1. The molecule has 4 aliphatic heterocycles. The number of nitrogens with zero attached hydrogens (tertiary/aromatic N) is 5. The van der Waals surface area contributed by atoms with Gasteiger partial charge in [-0.1, -0.05) is 67.4 Å². The van der Waals surface area contributed by atoms with Crippen molar-refractivity contribution >= 4 is 103 Å². The molecule has 0 aromatic heterocycles. The van der Waals surface area contributed by atoms with Crippen LogP contribution < -0.4 is 36.6 Å². The number of thioether (sulfide) groups is 1. The summed E-state index contributed by atoms with van der Waals surface area (Å²) in [4.78, 5) is 87.1. The van der Waals surface area contributed by atoms with Crippen molar-refractivity contribution in [3.8, 4) is 0 Å². The van der Waals surface area contributed by atoms with Crippen LogP contribution in [0.25, 0.3) is 5.57 Å². The summed E-state index contributed by atoms with van der Waals surface area (Å²) in [6.45, 7) is 13.2. The highest BCUT2D eigenvalue weighted by Crippen LogP contribution is 2.44. The zero-order chi connectivity index (χ0) is 70.3. The van der Waals surface area contributed by atoms with Gasteiger partial charge < -0.3 is 41.0 Å². The molecule has 3 fully saturated rings. The zero-order valence-electron chi connectivity index (χ0n) is 55.5. The number of fused-ring (bicyclic) bond motifs is 1. The number of rotatable bonds is 31. The summed E-state index contributed by atoms with van der Waals surface area (Å²) in [5.41, 5.74) is 7.16. The molecular weight excluding hydrogens is 1360 g/mol. The van der Waals surface area contributed by atoms with Crippen LogP contribution in [-0.4, -0.2) is 192 Å². The van der Waals surface area contributed by atoms with E-state index in [9.17, 15) is 50.4 Å². The number of allylic oxidation sites excluding steroid dienone is 1. The van der Waals surface area contributed by atoms with Crippen LogP contribution in [0.1, 0.15) is 102 Å². The highest BCUT2D eigenvalue weighted by molar-refractivity contribution is 7.99. The number of carbonyl (C=O) groups is 6. The van der Waals surface area contributed by atoms with E-state index in [0.717, 1.165) is 90.5 Å². The normalized spacial score (nSPS) is 18.3. The summed E-state index contributed by atoms with van der Waals surface area (Å²) in [6.07, 6.45) is 6.22. The van der Waals surface area contributed by atoms with Gasteiger partial charge in [-0.25, -0.2) is 8.42 Å². The number of piperidine rings is 1. The summed E-state index contributed by atoms with van der Waals surface area (Å²) in [6, 6.07) is 31.8. The minimum absolute atomic E-state index is 0.00502. The lowest BCUT2D eigenvalue weighted by atomic mass is 9.73. The highest BCUT2D eigenvalue weighted by Gasteiger charge is 2.49. The lowest BCUT2D eigenvalue weighted by molar-refractivity contribution is -0.136. The second-order valence-corrected chi connectivity index (χ2v) is 30.2. The van der Waals surface area contributed by atoms with Gasteiger partial charge in [-0.3, -0.25) is 53.5 Å². The lowest BCUT2D eigenvalue weighted by Crippen LogP contribution is -2.54. The van der Waals surface area contributed by atoms with Crippen molar-refractivity contribution in [3.05, 3.63) is 160 Å². The third kappa shape index (κ3) is 19.9. The van der Waals surface area contributed by atoms with Crippen LogP contribution in [0.3, 0.4) is 0 Å². The zero-order valence-corrected chi connectivity index (χ0v) is 58.7. The Labute approximate surface area is 589 Å². The van der Waals surface area contributed by atoms with Gasteiger partial charge in [0.1, 0.15) is 10.9 Å². The largest absolute Gasteiger partial charge is 0.501 e.